The van der Waals surface area contributed by atoms with E-state index >= 15 is 0 Å². The van der Waals surface area contributed by atoms with Crippen molar-refractivity contribution in [2.24, 2.45) is 7.05 Å². The first-order valence-electron chi connectivity index (χ1n) is 8.45. The number of unbranched alkanes of at least 4 members (excludes halogenated alkanes) is 1. The van der Waals surface area contributed by atoms with Crippen molar-refractivity contribution >= 4 is 29.1 Å². The van der Waals surface area contributed by atoms with Gasteiger partial charge in [-0.25, -0.2) is 13.8 Å². The van der Waals surface area contributed by atoms with Gasteiger partial charge in [-0.15, -0.1) is 11.8 Å². The van der Waals surface area contributed by atoms with Gasteiger partial charge < -0.3 is 4.79 Å². The van der Waals surface area contributed by atoms with Gasteiger partial charge in [0.1, 0.15) is 17.3 Å². The summed E-state index contributed by atoms with van der Waals surface area (Å²) in [6.45, 7) is 1.48. The van der Waals surface area contributed by atoms with E-state index in [4.69, 9.17) is 11.6 Å². The Morgan fingerprint density at radius 1 is 1.17 bits per heavy atom. The number of hydrogen-bond acceptors (Lipinski definition) is 4. The van der Waals surface area contributed by atoms with Crippen molar-refractivity contribution in [2.45, 2.75) is 37.3 Å². The van der Waals surface area contributed by atoms with Gasteiger partial charge >= 0.3 is 11.9 Å². The molecule has 11 heteroatoms. The molecule has 1 aromatic carbocycles. The van der Waals surface area contributed by atoms with Gasteiger partial charge in [-0.2, -0.15) is 13.2 Å². The standard InChI is InChI=1S/C18H17ClF4N2O3S/c1-10(26)5-3-4-6-29-14-8-13(12(20)7-11(14)19)25-16(27)9-15(18(21,22)23)24(2)17(25)28/h7-9H,3-6H2,1-2H3. The van der Waals surface area contributed by atoms with E-state index in [0.717, 1.165) is 19.2 Å². The van der Waals surface area contributed by atoms with E-state index in [1.54, 1.807) is 0 Å². The molecule has 0 aliphatic carbocycles. The van der Waals surface area contributed by atoms with Crippen LogP contribution in [-0.4, -0.2) is 20.7 Å². The van der Waals surface area contributed by atoms with E-state index in [0.29, 0.717) is 34.5 Å². The topological polar surface area (TPSA) is 61.1 Å². The number of thioether (sulfide) groups is 1. The summed E-state index contributed by atoms with van der Waals surface area (Å²) in [4.78, 5) is 35.8. The molecule has 0 radical (unpaired) electrons. The van der Waals surface area contributed by atoms with Gasteiger partial charge in [0.05, 0.1) is 10.7 Å². The Morgan fingerprint density at radius 2 is 1.83 bits per heavy atom. The molecule has 0 saturated heterocycles. The zero-order chi connectivity index (χ0) is 21.9. The lowest BCUT2D eigenvalue weighted by atomic mass is 10.2. The summed E-state index contributed by atoms with van der Waals surface area (Å²) in [7, 11) is 0.847. The zero-order valence-electron chi connectivity index (χ0n) is 15.5. The lowest BCUT2D eigenvalue weighted by Crippen LogP contribution is -2.41. The highest BCUT2D eigenvalue weighted by atomic mass is 35.5. The van der Waals surface area contributed by atoms with Gasteiger partial charge in [-0.3, -0.25) is 9.36 Å². The third-order valence-electron chi connectivity index (χ3n) is 4.03. The number of hydrogen-bond donors (Lipinski definition) is 0. The van der Waals surface area contributed by atoms with Crippen LogP contribution >= 0.6 is 23.4 Å². The van der Waals surface area contributed by atoms with Crippen molar-refractivity contribution in [1.82, 2.24) is 9.13 Å². The predicted molar refractivity (Wildman–Crippen MR) is 103 cm³/mol. The highest BCUT2D eigenvalue weighted by Gasteiger charge is 2.35. The molecule has 0 fully saturated rings. The molecule has 0 amide bonds. The molecular weight excluding hydrogens is 436 g/mol. The number of nitrogens with zero attached hydrogens (tertiary/aromatic N) is 2. The molecular formula is C18H17ClF4N2O3S. The minimum absolute atomic E-state index is 0.0413. The summed E-state index contributed by atoms with van der Waals surface area (Å²) >= 11 is 7.24. The first-order chi connectivity index (χ1) is 13.4. The molecule has 5 nitrogen and oxygen atoms in total. The molecule has 0 aliphatic rings. The lowest BCUT2D eigenvalue weighted by Gasteiger charge is -2.15. The van der Waals surface area contributed by atoms with Crippen molar-refractivity contribution in [2.75, 3.05) is 5.75 Å². The molecule has 2 rings (SSSR count). The first-order valence-corrected chi connectivity index (χ1v) is 9.81. The van der Waals surface area contributed by atoms with E-state index in [1.807, 2.05) is 0 Å². The minimum atomic E-state index is -4.91. The van der Waals surface area contributed by atoms with Crippen LogP contribution in [-0.2, 0) is 18.0 Å². The molecule has 0 bridgehead atoms. The van der Waals surface area contributed by atoms with Crippen molar-refractivity contribution in [3.63, 3.8) is 0 Å². The predicted octanol–water partition coefficient (Wildman–Crippen LogP) is 4.20. The fourth-order valence-electron chi connectivity index (χ4n) is 2.58. The van der Waals surface area contributed by atoms with Gasteiger partial charge in [-0.05, 0) is 37.7 Å². The molecule has 0 saturated carbocycles. The second kappa shape index (κ2) is 9.17. The van der Waals surface area contributed by atoms with Gasteiger partial charge in [0.2, 0.25) is 0 Å². The van der Waals surface area contributed by atoms with Crippen LogP contribution in [0.15, 0.2) is 32.7 Å². The number of benzene rings is 1. The van der Waals surface area contributed by atoms with Gasteiger partial charge in [0, 0.05) is 24.4 Å². The summed E-state index contributed by atoms with van der Waals surface area (Å²) in [5.41, 5.74) is -4.55. The van der Waals surface area contributed by atoms with Crippen LogP contribution in [0.25, 0.3) is 5.69 Å². The van der Waals surface area contributed by atoms with E-state index in [-0.39, 0.29) is 21.4 Å². The summed E-state index contributed by atoms with van der Waals surface area (Å²) in [6, 6.07) is 2.30. The van der Waals surface area contributed by atoms with Crippen molar-refractivity contribution in [3.05, 3.63) is 55.6 Å². The van der Waals surface area contributed by atoms with Gasteiger partial charge in [0.25, 0.3) is 5.56 Å². The molecule has 0 aliphatic heterocycles. The van der Waals surface area contributed by atoms with Gasteiger partial charge in [0.15, 0.2) is 0 Å². The maximum Gasteiger partial charge on any atom is 0.431 e. The Labute approximate surface area is 172 Å². The number of rotatable bonds is 7. The van der Waals surface area contributed by atoms with E-state index < -0.39 is 34.6 Å². The molecule has 2 aromatic rings. The fourth-order valence-corrected chi connectivity index (χ4v) is 3.85. The molecule has 1 heterocycles. The van der Waals surface area contributed by atoms with Crippen LogP contribution in [0.2, 0.25) is 5.02 Å². The van der Waals surface area contributed by atoms with Crippen LogP contribution in [0.5, 0.6) is 0 Å². The summed E-state index contributed by atoms with van der Waals surface area (Å²) in [5, 5.41) is 0.0413. The molecule has 158 valence electrons. The number of aromatic nitrogens is 2. The zero-order valence-corrected chi connectivity index (χ0v) is 17.1. The lowest BCUT2D eigenvalue weighted by molar-refractivity contribution is -0.144. The SMILES string of the molecule is CC(=O)CCCCSc1cc(-n2c(=O)cc(C(F)(F)F)n(C)c2=O)c(F)cc1Cl. The Morgan fingerprint density at radius 3 is 2.41 bits per heavy atom. The van der Waals surface area contributed by atoms with Crippen LogP contribution in [0, 0.1) is 5.82 Å². The normalized spacial score (nSPS) is 11.7. The smallest absolute Gasteiger partial charge is 0.300 e. The maximum atomic E-state index is 14.4. The number of alkyl halides is 3. The maximum absolute atomic E-state index is 14.4. The number of Topliss-reactive ketones (excluding diaryl/α,β-unsaturated/α-hetero) is 1. The van der Waals surface area contributed by atoms with E-state index in [9.17, 15) is 31.9 Å². The highest BCUT2D eigenvalue weighted by Crippen LogP contribution is 2.32. The van der Waals surface area contributed by atoms with Crippen LogP contribution < -0.4 is 11.2 Å². The summed E-state index contributed by atoms with van der Waals surface area (Å²) in [6.07, 6.45) is -3.15. The number of halogens is 5. The second-order valence-electron chi connectivity index (χ2n) is 6.28. The van der Waals surface area contributed by atoms with Crippen molar-refractivity contribution in [1.29, 1.82) is 0 Å². The molecule has 1 aromatic heterocycles. The first kappa shape index (κ1) is 23.2. The highest BCUT2D eigenvalue weighted by molar-refractivity contribution is 7.99. The average Bonchev–Trinajstić information content (AvgIpc) is 2.59. The molecule has 0 spiro atoms. The average molecular weight is 453 g/mol. The Kier molecular flexibility index (Phi) is 7.34. The third-order valence-corrected chi connectivity index (χ3v) is 5.60. The number of carbonyl (C=O) groups excluding carboxylic acids is 1. The summed E-state index contributed by atoms with van der Waals surface area (Å²) in [5.74, 6) is -0.414. The molecule has 0 N–H and O–H groups in total. The largest absolute Gasteiger partial charge is 0.431 e. The Bertz CT molecular complexity index is 1050. The fraction of sp³-hybridized carbons (Fsp3) is 0.389. The summed E-state index contributed by atoms with van der Waals surface area (Å²) < 4.78 is 53.9. The monoisotopic (exact) mass is 452 g/mol. The van der Waals surface area contributed by atoms with Gasteiger partial charge in [-0.1, -0.05) is 11.6 Å². The van der Waals surface area contributed by atoms with Crippen molar-refractivity contribution < 1.29 is 22.4 Å². The molecule has 0 unspecified atom stereocenters. The van der Waals surface area contributed by atoms with Crippen molar-refractivity contribution in [3.8, 4) is 5.69 Å². The second-order valence-corrected chi connectivity index (χ2v) is 7.83. The minimum Gasteiger partial charge on any atom is -0.300 e. The molecule has 0 atom stereocenters. The van der Waals surface area contributed by atoms with Crippen LogP contribution in [0.4, 0.5) is 17.6 Å². The molecule has 29 heavy (non-hydrogen) atoms. The van der Waals surface area contributed by atoms with E-state index in [2.05, 4.69) is 0 Å². The Balaban J connectivity index is 2.43. The van der Waals surface area contributed by atoms with Crippen LogP contribution in [0.3, 0.4) is 0 Å². The quantitative estimate of drug-likeness (QED) is 0.359. The van der Waals surface area contributed by atoms with E-state index in [1.165, 1.54) is 18.7 Å². The number of ketones is 1. The number of carbonyl (C=O) groups is 1. The third kappa shape index (κ3) is 5.51. The Hall–Kier alpha value is -2.07. The van der Waals surface area contributed by atoms with Crippen LogP contribution in [0.1, 0.15) is 31.9 Å².